The van der Waals surface area contributed by atoms with Crippen LogP contribution in [0.2, 0.25) is 0 Å². The molecule has 1 aliphatic rings. The molecule has 1 fully saturated rings. The van der Waals surface area contributed by atoms with Gasteiger partial charge in [-0.3, -0.25) is 9.59 Å². The highest BCUT2D eigenvalue weighted by molar-refractivity contribution is 5.91. The fourth-order valence-corrected chi connectivity index (χ4v) is 4.26. The summed E-state index contributed by atoms with van der Waals surface area (Å²) < 4.78 is 0. The summed E-state index contributed by atoms with van der Waals surface area (Å²) in [5, 5.41) is 2.97. The van der Waals surface area contributed by atoms with E-state index in [1.165, 1.54) is 12.0 Å². The van der Waals surface area contributed by atoms with E-state index in [-0.39, 0.29) is 23.8 Å². The van der Waals surface area contributed by atoms with Gasteiger partial charge in [-0.2, -0.15) is 0 Å². The lowest BCUT2D eigenvalue weighted by molar-refractivity contribution is -0.139. The van der Waals surface area contributed by atoms with Crippen LogP contribution in [0, 0.1) is 5.92 Å². The normalized spacial score (nSPS) is 15.4. The summed E-state index contributed by atoms with van der Waals surface area (Å²) in [6.07, 6.45) is 6.67. The number of amides is 2. The van der Waals surface area contributed by atoms with E-state index in [9.17, 15) is 9.59 Å². The van der Waals surface area contributed by atoms with Crippen molar-refractivity contribution in [1.82, 2.24) is 4.90 Å². The molecule has 0 bridgehead atoms. The molecule has 3 rings (SSSR count). The number of nitrogens with zero attached hydrogens (tertiary/aromatic N) is 1. The van der Waals surface area contributed by atoms with E-state index >= 15 is 0 Å². The Hall–Kier alpha value is -2.62. The van der Waals surface area contributed by atoms with Crippen LogP contribution >= 0.6 is 0 Å². The van der Waals surface area contributed by atoms with Crippen LogP contribution < -0.4 is 5.32 Å². The molecule has 0 unspecified atom stereocenters. The van der Waals surface area contributed by atoms with Crippen molar-refractivity contribution < 1.29 is 9.59 Å². The fourth-order valence-electron chi connectivity index (χ4n) is 4.26. The number of carbonyl (C=O) groups excluding carboxylic acids is 2. The molecule has 0 spiro atoms. The summed E-state index contributed by atoms with van der Waals surface area (Å²) in [5.74, 6) is 0.238. The summed E-state index contributed by atoms with van der Waals surface area (Å²) in [6.45, 7) is 4.61. The molecular weight excluding hydrogens is 372 g/mol. The number of carbonyl (C=O) groups is 2. The first-order valence-electron chi connectivity index (χ1n) is 11.3. The van der Waals surface area contributed by atoms with Gasteiger partial charge in [0.15, 0.2) is 0 Å². The van der Waals surface area contributed by atoms with Crippen molar-refractivity contribution in [2.75, 3.05) is 11.9 Å². The van der Waals surface area contributed by atoms with Crippen LogP contribution in [-0.2, 0) is 16.0 Å². The van der Waals surface area contributed by atoms with Crippen molar-refractivity contribution >= 4 is 17.5 Å². The van der Waals surface area contributed by atoms with Gasteiger partial charge >= 0.3 is 0 Å². The molecule has 4 nitrogen and oxygen atoms in total. The first-order valence-corrected chi connectivity index (χ1v) is 11.3. The minimum absolute atomic E-state index is 0.0442. The number of hydrogen-bond acceptors (Lipinski definition) is 2. The third kappa shape index (κ3) is 5.94. The number of benzene rings is 2. The summed E-state index contributed by atoms with van der Waals surface area (Å²) in [6, 6.07) is 18.0. The lowest BCUT2D eigenvalue weighted by atomic mass is 9.87. The largest absolute Gasteiger partial charge is 0.335 e. The first-order chi connectivity index (χ1) is 14.6. The number of hydrogen-bond donors (Lipinski definition) is 1. The van der Waals surface area contributed by atoms with E-state index in [1.807, 2.05) is 47.4 Å². The molecular formula is C26H34N2O2. The van der Waals surface area contributed by atoms with Gasteiger partial charge in [0.2, 0.25) is 11.8 Å². The van der Waals surface area contributed by atoms with Crippen LogP contribution in [0.3, 0.4) is 0 Å². The number of rotatable bonds is 8. The highest BCUT2D eigenvalue weighted by Crippen LogP contribution is 2.29. The Morgan fingerprint density at radius 1 is 1.00 bits per heavy atom. The van der Waals surface area contributed by atoms with Gasteiger partial charge in [0.05, 0.1) is 6.04 Å². The molecule has 30 heavy (non-hydrogen) atoms. The minimum Gasteiger partial charge on any atom is -0.335 e. The van der Waals surface area contributed by atoms with Crippen LogP contribution in [-0.4, -0.2) is 23.3 Å². The minimum atomic E-state index is -0.0547. The summed E-state index contributed by atoms with van der Waals surface area (Å²) in [5.41, 5.74) is 3.16. The number of nitrogens with one attached hydrogen (secondary N) is 1. The van der Waals surface area contributed by atoms with Gasteiger partial charge in [-0.1, -0.05) is 68.7 Å². The van der Waals surface area contributed by atoms with Crippen LogP contribution in [0.15, 0.2) is 54.6 Å². The molecule has 0 saturated heterocycles. The Labute approximate surface area is 180 Å². The topological polar surface area (TPSA) is 49.4 Å². The lowest BCUT2D eigenvalue weighted by Gasteiger charge is -2.34. The molecule has 160 valence electrons. The Morgan fingerprint density at radius 2 is 1.67 bits per heavy atom. The third-order valence-corrected chi connectivity index (χ3v) is 6.21. The quantitative estimate of drug-likeness (QED) is 0.607. The second-order valence-corrected chi connectivity index (χ2v) is 8.30. The molecule has 2 aromatic carbocycles. The second-order valence-electron chi connectivity index (χ2n) is 8.30. The van der Waals surface area contributed by atoms with E-state index in [2.05, 4.69) is 31.3 Å². The molecule has 1 saturated carbocycles. The molecule has 2 aromatic rings. The molecule has 1 aliphatic carbocycles. The van der Waals surface area contributed by atoms with E-state index in [0.717, 1.165) is 43.4 Å². The number of anilines is 1. The zero-order chi connectivity index (χ0) is 21.3. The van der Waals surface area contributed by atoms with Gasteiger partial charge in [-0.15, -0.1) is 0 Å². The number of aryl methyl sites for hydroxylation is 1. The molecule has 1 N–H and O–H groups in total. The highest BCUT2D eigenvalue weighted by atomic mass is 16.2. The average Bonchev–Trinajstić information content (AvgIpc) is 2.80. The van der Waals surface area contributed by atoms with E-state index < -0.39 is 0 Å². The van der Waals surface area contributed by atoms with Gasteiger partial charge in [-0.05, 0) is 49.4 Å². The predicted molar refractivity (Wildman–Crippen MR) is 122 cm³/mol. The van der Waals surface area contributed by atoms with Crippen LogP contribution in [0.5, 0.6) is 0 Å². The van der Waals surface area contributed by atoms with Gasteiger partial charge in [0.1, 0.15) is 0 Å². The molecule has 0 aliphatic heterocycles. The Morgan fingerprint density at radius 3 is 2.30 bits per heavy atom. The molecule has 0 aromatic heterocycles. The zero-order valence-electron chi connectivity index (χ0n) is 18.3. The summed E-state index contributed by atoms with van der Waals surface area (Å²) in [4.78, 5) is 27.9. The maximum Gasteiger partial charge on any atom is 0.226 e. The maximum absolute atomic E-state index is 13.3. The molecule has 4 heteroatoms. The average molecular weight is 407 g/mol. The Balaban J connectivity index is 1.66. The second kappa shape index (κ2) is 11.0. The van der Waals surface area contributed by atoms with E-state index in [0.29, 0.717) is 13.0 Å². The molecule has 0 heterocycles. The van der Waals surface area contributed by atoms with Crippen molar-refractivity contribution in [3.63, 3.8) is 0 Å². The first kappa shape index (κ1) is 22.1. The SMILES string of the molecule is CCc1ccc(NC(=O)CCN(C(=O)C2CCCCC2)[C@@H](C)c2ccccc2)cc1. The monoisotopic (exact) mass is 406 g/mol. The zero-order valence-corrected chi connectivity index (χ0v) is 18.3. The summed E-state index contributed by atoms with van der Waals surface area (Å²) in [7, 11) is 0. The lowest BCUT2D eigenvalue weighted by Crippen LogP contribution is -2.40. The predicted octanol–water partition coefficient (Wildman–Crippen LogP) is 5.75. The molecule has 1 atom stereocenters. The van der Waals surface area contributed by atoms with Gasteiger partial charge in [-0.25, -0.2) is 0 Å². The van der Waals surface area contributed by atoms with Crippen molar-refractivity contribution in [1.29, 1.82) is 0 Å². The van der Waals surface area contributed by atoms with Crippen molar-refractivity contribution in [2.24, 2.45) is 5.92 Å². The van der Waals surface area contributed by atoms with E-state index in [4.69, 9.17) is 0 Å². The highest BCUT2D eigenvalue weighted by Gasteiger charge is 2.29. The maximum atomic E-state index is 13.3. The van der Waals surface area contributed by atoms with E-state index in [1.54, 1.807) is 0 Å². The van der Waals surface area contributed by atoms with Crippen LogP contribution in [0.25, 0.3) is 0 Å². The van der Waals surface area contributed by atoms with Crippen molar-refractivity contribution in [3.05, 3.63) is 65.7 Å². The smallest absolute Gasteiger partial charge is 0.226 e. The standard InChI is InChI=1S/C26H34N2O2/c1-3-21-14-16-24(17-15-21)27-25(29)18-19-28(20(2)22-10-6-4-7-11-22)26(30)23-12-8-5-9-13-23/h4,6-7,10-11,14-17,20,23H,3,5,8-9,12-13,18-19H2,1-2H3,(H,27,29)/t20-/m0/s1. The van der Waals surface area contributed by atoms with Crippen LogP contribution in [0.1, 0.15) is 69.5 Å². The Kier molecular flexibility index (Phi) is 8.06. The Bertz CT molecular complexity index is 811. The summed E-state index contributed by atoms with van der Waals surface area (Å²) >= 11 is 0. The van der Waals surface area contributed by atoms with Crippen LogP contribution in [0.4, 0.5) is 5.69 Å². The third-order valence-electron chi connectivity index (χ3n) is 6.21. The van der Waals surface area contributed by atoms with Gasteiger partial charge in [0, 0.05) is 24.6 Å². The van der Waals surface area contributed by atoms with Crippen molar-refractivity contribution in [2.45, 2.75) is 64.8 Å². The fraction of sp³-hybridized carbons (Fsp3) is 0.462. The molecule has 0 radical (unpaired) electrons. The van der Waals surface area contributed by atoms with Gasteiger partial charge < -0.3 is 10.2 Å². The molecule has 2 amide bonds. The van der Waals surface area contributed by atoms with Gasteiger partial charge in [0.25, 0.3) is 0 Å². The van der Waals surface area contributed by atoms with Crippen molar-refractivity contribution in [3.8, 4) is 0 Å².